The number of hydrogen-bond donors (Lipinski definition) is 0. The van der Waals surface area contributed by atoms with Gasteiger partial charge >= 0.3 is 6.61 Å². The molecular formula is C20H24ClF2N3O4S. The molecule has 0 spiro atoms. The first kappa shape index (κ1) is 23.4. The Hall–Kier alpha value is -2.30. The summed E-state index contributed by atoms with van der Waals surface area (Å²) in [5, 5.41) is 0. The van der Waals surface area contributed by atoms with Crippen molar-refractivity contribution in [2.24, 2.45) is 0 Å². The second kappa shape index (κ2) is 9.46. The molecule has 11 heteroatoms. The van der Waals surface area contributed by atoms with Crippen molar-refractivity contribution in [2.75, 3.05) is 49.1 Å². The molecule has 0 amide bonds. The van der Waals surface area contributed by atoms with Gasteiger partial charge in [0.2, 0.25) is 0 Å². The van der Waals surface area contributed by atoms with Crippen molar-refractivity contribution in [3.63, 3.8) is 0 Å². The van der Waals surface area contributed by atoms with Gasteiger partial charge in [-0.15, -0.1) is 0 Å². The Morgan fingerprint density at radius 1 is 1.06 bits per heavy atom. The van der Waals surface area contributed by atoms with Crippen LogP contribution in [-0.2, 0) is 10.0 Å². The van der Waals surface area contributed by atoms with E-state index < -0.39 is 16.6 Å². The lowest BCUT2D eigenvalue weighted by Gasteiger charge is -2.35. The van der Waals surface area contributed by atoms with E-state index in [1.807, 2.05) is 7.05 Å². The highest BCUT2D eigenvalue weighted by Gasteiger charge is 2.27. The van der Waals surface area contributed by atoms with Gasteiger partial charge in [-0.2, -0.15) is 21.0 Å². The molecule has 0 atom stereocenters. The van der Waals surface area contributed by atoms with Crippen LogP contribution in [0.15, 0.2) is 41.3 Å². The Morgan fingerprint density at radius 3 is 2.35 bits per heavy atom. The van der Waals surface area contributed by atoms with Gasteiger partial charge in [0.25, 0.3) is 10.0 Å². The number of sulfonamides is 1. The number of piperazine rings is 1. The van der Waals surface area contributed by atoms with E-state index in [0.29, 0.717) is 33.9 Å². The van der Waals surface area contributed by atoms with Crippen molar-refractivity contribution in [3.8, 4) is 11.5 Å². The molecule has 0 aromatic heterocycles. The van der Waals surface area contributed by atoms with Crippen molar-refractivity contribution < 1.29 is 26.7 Å². The maximum atomic E-state index is 13.2. The minimum Gasteiger partial charge on any atom is -0.495 e. The molecule has 1 heterocycles. The Kier molecular flexibility index (Phi) is 7.13. The van der Waals surface area contributed by atoms with E-state index >= 15 is 0 Å². The molecule has 0 radical (unpaired) electrons. The van der Waals surface area contributed by atoms with E-state index in [4.69, 9.17) is 16.5 Å². The lowest BCUT2D eigenvalue weighted by atomic mass is 10.2. The summed E-state index contributed by atoms with van der Waals surface area (Å²) in [6, 6.07) is 8.53. The van der Waals surface area contributed by atoms with E-state index in [2.05, 4.69) is 14.5 Å². The summed E-state index contributed by atoms with van der Waals surface area (Å²) in [6.45, 7) is 1.62. The molecule has 2 aromatic carbocycles. The summed E-state index contributed by atoms with van der Waals surface area (Å²) < 4.78 is 62.0. The molecule has 0 bridgehead atoms. The van der Waals surface area contributed by atoms with Crippen molar-refractivity contribution >= 4 is 33.2 Å². The minimum atomic E-state index is -4.18. The number of benzene rings is 2. The van der Waals surface area contributed by atoms with Crippen LogP contribution in [0.1, 0.15) is 5.56 Å². The van der Waals surface area contributed by atoms with Crippen LogP contribution < -0.4 is 18.2 Å². The Labute approximate surface area is 185 Å². The summed E-state index contributed by atoms with van der Waals surface area (Å²) in [4.78, 5) is 4.19. The average Bonchev–Trinajstić information content (AvgIpc) is 2.74. The van der Waals surface area contributed by atoms with Crippen LogP contribution in [0.25, 0.3) is 0 Å². The quantitative estimate of drug-likeness (QED) is 0.569. The van der Waals surface area contributed by atoms with Crippen LogP contribution >= 0.6 is 11.8 Å². The molecule has 0 saturated carbocycles. The molecule has 1 fully saturated rings. The summed E-state index contributed by atoms with van der Waals surface area (Å²) in [5.41, 5.74) is 1.06. The molecule has 1 saturated heterocycles. The number of halogens is 3. The van der Waals surface area contributed by atoms with Gasteiger partial charge in [0.1, 0.15) is 11.5 Å². The second-order valence-corrected chi connectivity index (χ2v) is 9.50. The molecule has 170 valence electrons. The standard InChI is InChI=1S/C20H24ClF2N3O4S/c1-14-4-5-15(12-19(14)30-20(22)23)26(21)31(27,28)16-6-7-18(29-3)17(13-16)25-10-8-24(2)9-11-25/h4-7,12-13,20H,8-11H2,1-3H3. The zero-order chi connectivity index (χ0) is 22.8. The summed E-state index contributed by atoms with van der Waals surface area (Å²) in [7, 11) is -0.640. The van der Waals surface area contributed by atoms with Gasteiger partial charge in [0.15, 0.2) is 0 Å². The fourth-order valence-electron chi connectivity index (χ4n) is 3.28. The number of alkyl halides is 2. The highest BCUT2D eigenvalue weighted by Crippen LogP contribution is 2.35. The monoisotopic (exact) mass is 475 g/mol. The van der Waals surface area contributed by atoms with Gasteiger partial charge in [-0.3, -0.25) is 0 Å². The third-order valence-corrected chi connectivity index (χ3v) is 7.32. The Morgan fingerprint density at radius 2 is 1.74 bits per heavy atom. The van der Waals surface area contributed by atoms with E-state index in [1.54, 1.807) is 13.0 Å². The number of likely N-dealkylation sites (N-methyl/N-ethyl adjacent to an activating group) is 1. The van der Waals surface area contributed by atoms with Crippen molar-refractivity contribution in [1.29, 1.82) is 0 Å². The second-order valence-electron chi connectivity index (χ2n) is 7.17. The van der Waals surface area contributed by atoms with Gasteiger partial charge in [-0.1, -0.05) is 6.07 Å². The molecule has 1 aliphatic heterocycles. The smallest absolute Gasteiger partial charge is 0.387 e. The van der Waals surface area contributed by atoms with Crippen LogP contribution in [0.2, 0.25) is 0 Å². The van der Waals surface area contributed by atoms with Gasteiger partial charge < -0.3 is 19.3 Å². The van der Waals surface area contributed by atoms with Crippen molar-refractivity contribution in [3.05, 3.63) is 42.0 Å². The highest BCUT2D eigenvalue weighted by molar-refractivity contribution is 7.94. The molecule has 0 N–H and O–H groups in total. The lowest BCUT2D eigenvalue weighted by Crippen LogP contribution is -2.44. The predicted octanol–water partition coefficient (Wildman–Crippen LogP) is 3.71. The third kappa shape index (κ3) is 5.13. The average molecular weight is 476 g/mol. The van der Waals surface area contributed by atoms with E-state index in [9.17, 15) is 17.2 Å². The molecule has 31 heavy (non-hydrogen) atoms. The number of nitrogens with zero attached hydrogens (tertiary/aromatic N) is 3. The zero-order valence-corrected chi connectivity index (χ0v) is 19.0. The number of aryl methyl sites for hydroxylation is 1. The first-order chi connectivity index (χ1) is 14.6. The first-order valence-corrected chi connectivity index (χ1v) is 11.3. The van der Waals surface area contributed by atoms with Crippen LogP contribution in [0, 0.1) is 6.92 Å². The lowest BCUT2D eigenvalue weighted by molar-refractivity contribution is -0.0502. The molecule has 2 aromatic rings. The SMILES string of the molecule is COc1ccc(S(=O)(=O)N(Cl)c2ccc(C)c(OC(F)F)c2)cc1N1CCN(C)CC1. The fourth-order valence-corrected chi connectivity index (χ4v) is 4.70. The maximum absolute atomic E-state index is 13.2. The first-order valence-electron chi connectivity index (χ1n) is 9.51. The maximum Gasteiger partial charge on any atom is 0.387 e. The number of rotatable bonds is 7. The number of anilines is 2. The summed E-state index contributed by atoms with van der Waals surface area (Å²) in [5.74, 6) is 0.397. The number of methoxy groups -OCH3 is 1. The van der Waals surface area contributed by atoms with Gasteiger partial charge in [0.05, 0.1) is 23.4 Å². The summed E-state index contributed by atoms with van der Waals surface area (Å²) in [6.07, 6.45) is 0. The predicted molar refractivity (Wildman–Crippen MR) is 116 cm³/mol. The molecule has 3 rings (SSSR count). The minimum absolute atomic E-state index is 0.0140. The van der Waals surface area contributed by atoms with Gasteiger partial charge in [-0.05, 0) is 43.8 Å². The van der Waals surface area contributed by atoms with E-state index in [1.165, 1.54) is 31.4 Å². The van der Waals surface area contributed by atoms with Gasteiger partial charge in [0, 0.05) is 44.0 Å². The highest BCUT2D eigenvalue weighted by atomic mass is 35.5. The Balaban J connectivity index is 1.95. The van der Waals surface area contributed by atoms with Crippen LogP contribution in [0.4, 0.5) is 20.2 Å². The van der Waals surface area contributed by atoms with Crippen molar-refractivity contribution in [1.82, 2.24) is 4.90 Å². The third-order valence-electron chi connectivity index (χ3n) is 5.09. The number of hydrogen-bond acceptors (Lipinski definition) is 6. The molecule has 7 nitrogen and oxygen atoms in total. The number of ether oxygens (including phenoxy) is 2. The van der Waals surface area contributed by atoms with Crippen molar-refractivity contribution in [2.45, 2.75) is 18.4 Å². The van der Waals surface area contributed by atoms with Gasteiger partial charge in [-0.25, -0.2) is 0 Å². The zero-order valence-electron chi connectivity index (χ0n) is 17.4. The molecule has 0 unspecified atom stereocenters. The Bertz CT molecular complexity index is 1030. The summed E-state index contributed by atoms with van der Waals surface area (Å²) >= 11 is 6.17. The van der Waals surface area contributed by atoms with Crippen LogP contribution in [-0.4, -0.2) is 60.3 Å². The van der Waals surface area contributed by atoms with Crippen LogP contribution in [0.3, 0.4) is 0 Å². The normalized spacial score (nSPS) is 15.3. The fraction of sp³-hybridized carbons (Fsp3) is 0.400. The molecular weight excluding hydrogens is 452 g/mol. The molecule has 1 aliphatic rings. The largest absolute Gasteiger partial charge is 0.495 e. The topological polar surface area (TPSA) is 62.3 Å². The van der Waals surface area contributed by atoms with Crippen LogP contribution in [0.5, 0.6) is 11.5 Å². The molecule has 0 aliphatic carbocycles. The van der Waals surface area contributed by atoms with E-state index in [0.717, 1.165) is 19.2 Å². The van der Waals surface area contributed by atoms with E-state index in [-0.39, 0.29) is 16.3 Å².